The maximum Gasteiger partial charge on any atom is 0.240 e. The monoisotopic (exact) mass is 412 g/mol. The number of rotatable bonds is 6. The minimum absolute atomic E-state index is 0.128. The van der Waals surface area contributed by atoms with E-state index in [1.54, 1.807) is 12.1 Å². The van der Waals surface area contributed by atoms with Gasteiger partial charge in [0.25, 0.3) is 0 Å². The SMILES string of the molecule is O=S(=O)(NCC1(CN2CCOCC2)CCOCC1)c1ccc2c(c1)OCCO2. The second-order valence-electron chi connectivity index (χ2n) is 7.63. The maximum absolute atomic E-state index is 12.9. The molecule has 0 radical (unpaired) electrons. The molecule has 2 fully saturated rings. The Hall–Kier alpha value is -1.39. The van der Waals surface area contributed by atoms with Crippen molar-refractivity contribution in [3.8, 4) is 11.5 Å². The summed E-state index contributed by atoms with van der Waals surface area (Å²) in [5.74, 6) is 1.06. The molecule has 0 spiro atoms. The molecule has 0 aromatic heterocycles. The van der Waals surface area contributed by atoms with Crippen molar-refractivity contribution in [3.05, 3.63) is 18.2 Å². The number of nitrogens with zero attached hydrogens (tertiary/aromatic N) is 1. The fraction of sp³-hybridized carbons (Fsp3) is 0.684. The Labute approximate surface area is 166 Å². The van der Waals surface area contributed by atoms with E-state index in [9.17, 15) is 8.42 Å². The van der Waals surface area contributed by atoms with Crippen LogP contribution in [-0.4, -0.2) is 79.1 Å². The summed E-state index contributed by atoms with van der Waals surface area (Å²) < 4.78 is 50.7. The molecule has 0 aliphatic carbocycles. The van der Waals surface area contributed by atoms with Gasteiger partial charge in [-0.3, -0.25) is 4.90 Å². The molecule has 1 aromatic rings. The zero-order valence-corrected chi connectivity index (χ0v) is 16.8. The van der Waals surface area contributed by atoms with Crippen molar-refractivity contribution in [3.63, 3.8) is 0 Å². The summed E-state index contributed by atoms with van der Waals surface area (Å²) in [5, 5.41) is 0. The smallest absolute Gasteiger partial charge is 0.240 e. The van der Waals surface area contributed by atoms with Crippen LogP contribution in [-0.2, 0) is 19.5 Å². The van der Waals surface area contributed by atoms with Crippen molar-refractivity contribution >= 4 is 10.0 Å². The lowest BCUT2D eigenvalue weighted by molar-refractivity contribution is -0.0270. The topological polar surface area (TPSA) is 86.3 Å². The van der Waals surface area contributed by atoms with Crippen molar-refractivity contribution < 1.29 is 27.4 Å². The number of hydrogen-bond donors (Lipinski definition) is 1. The fourth-order valence-corrected chi connectivity index (χ4v) is 5.12. The Morgan fingerprint density at radius 2 is 1.61 bits per heavy atom. The van der Waals surface area contributed by atoms with Gasteiger partial charge in [0, 0.05) is 50.9 Å². The van der Waals surface area contributed by atoms with Crippen LogP contribution in [0.3, 0.4) is 0 Å². The van der Waals surface area contributed by atoms with Gasteiger partial charge in [-0.1, -0.05) is 0 Å². The molecule has 3 aliphatic heterocycles. The number of hydrogen-bond acceptors (Lipinski definition) is 7. The second kappa shape index (κ2) is 8.54. The van der Waals surface area contributed by atoms with Crippen molar-refractivity contribution in [2.75, 3.05) is 65.8 Å². The third kappa shape index (κ3) is 4.60. The van der Waals surface area contributed by atoms with E-state index < -0.39 is 10.0 Å². The first-order valence-corrected chi connectivity index (χ1v) is 11.3. The van der Waals surface area contributed by atoms with Crippen molar-refractivity contribution in [2.45, 2.75) is 17.7 Å². The molecule has 0 amide bonds. The van der Waals surface area contributed by atoms with E-state index in [0.29, 0.717) is 44.5 Å². The molecule has 0 unspecified atom stereocenters. The number of morpholine rings is 1. The highest BCUT2D eigenvalue weighted by atomic mass is 32.2. The third-order valence-corrected chi connectivity index (χ3v) is 7.08. The van der Waals surface area contributed by atoms with Gasteiger partial charge in [0.15, 0.2) is 11.5 Å². The molecule has 4 rings (SSSR count). The van der Waals surface area contributed by atoms with Crippen molar-refractivity contribution in [2.24, 2.45) is 5.41 Å². The summed E-state index contributed by atoms with van der Waals surface area (Å²) in [4.78, 5) is 2.57. The second-order valence-corrected chi connectivity index (χ2v) is 9.40. The molecule has 1 aromatic carbocycles. The zero-order chi connectivity index (χ0) is 19.5. The summed E-state index contributed by atoms with van der Waals surface area (Å²) in [7, 11) is -3.64. The van der Waals surface area contributed by atoms with E-state index in [1.165, 1.54) is 6.07 Å². The average molecular weight is 413 g/mol. The Kier molecular flexibility index (Phi) is 6.07. The van der Waals surface area contributed by atoms with Crippen LogP contribution in [0.2, 0.25) is 0 Å². The minimum atomic E-state index is -3.64. The van der Waals surface area contributed by atoms with Gasteiger partial charge in [0.1, 0.15) is 13.2 Å². The van der Waals surface area contributed by atoms with Crippen LogP contribution < -0.4 is 14.2 Å². The molecule has 8 nitrogen and oxygen atoms in total. The number of ether oxygens (including phenoxy) is 4. The van der Waals surface area contributed by atoms with Crippen molar-refractivity contribution in [1.82, 2.24) is 9.62 Å². The van der Waals surface area contributed by atoms with E-state index in [4.69, 9.17) is 18.9 Å². The van der Waals surface area contributed by atoms with Crippen LogP contribution in [0.25, 0.3) is 0 Å². The third-order valence-electron chi connectivity index (χ3n) is 5.68. The summed E-state index contributed by atoms with van der Waals surface area (Å²) >= 11 is 0. The van der Waals surface area contributed by atoms with Gasteiger partial charge in [-0.2, -0.15) is 0 Å². The molecule has 3 heterocycles. The van der Waals surface area contributed by atoms with Crippen LogP contribution >= 0.6 is 0 Å². The minimum Gasteiger partial charge on any atom is -0.486 e. The molecule has 0 saturated carbocycles. The molecule has 156 valence electrons. The molecule has 2 saturated heterocycles. The van der Waals surface area contributed by atoms with Gasteiger partial charge in [0.2, 0.25) is 10.0 Å². The van der Waals surface area contributed by atoms with Crippen molar-refractivity contribution in [1.29, 1.82) is 0 Å². The van der Waals surface area contributed by atoms with Crippen LogP contribution in [0.15, 0.2) is 23.1 Å². The number of benzene rings is 1. The first-order chi connectivity index (χ1) is 13.6. The lowest BCUT2D eigenvalue weighted by Crippen LogP contribution is -2.50. The Balaban J connectivity index is 1.46. The van der Waals surface area contributed by atoms with E-state index >= 15 is 0 Å². The molecule has 1 N–H and O–H groups in total. The van der Waals surface area contributed by atoms with E-state index in [-0.39, 0.29) is 10.3 Å². The predicted molar refractivity (Wildman–Crippen MR) is 102 cm³/mol. The van der Waals surface area contributed by atoms with Gasteiger partial charge in [0.05, 0.1) is 18.1 Å². The van der Waals surface area contributed by atoms with E-state index in [2.05, 4.69) is 9.62 Å². The molecule has 0 atom stereocenters. The van der Waals surface area contributed by atoms with Crippen LogP contribution in [0, 0.1) is 5.41 Å². The zero-order valence-electron chi connectivity index (χ0n) is 16.0. The normalized spacial score (nSPS) is 22.7. The Morgan fingerprint density at radius 1 is 0.929 bits per heavy atom. The first-order valence-electron chi connectivity index (χ1n) is 9.84. The largest absolute Gasteiger partial charge is 0.486 e. The number of sulfonamides is 1. The van der Waals surface area contributed by atoms with Crippen LogP contribution in [0.4, 0.5) is 0 Å². The lowest BCUT2D eigenvalue weighted by Gasteiger charge is -2.42. The highest BCUT2D eigenvalue weighted by Crippen LogP contribution is 2.34. The molecular weight excluding hydrogens is 384 g/mol. The summed E-state index contributed by atoms with van der Waals surface area (Å²) in [6, 6.07) is 4.75. The summed E-state index contributed by atoms with van der Waals surface area (Å²) in [6.45, 7) is 6.70. The summed E-state index contributed by atoms with van der Waals surface area (Å²) in [6.07, 6.45) is 1.68. The molecule has 3 aliphatic rings. The van der Waals surface area contributed by atoms with E-state index in [1.807, 2.05) is 0 Å². The quantitative estimate of drug-likeness (QED) is 0.742. The number of fused-ring (bicyclic) bond motifs is 1. The molecule has 0 bridgehead atoms. The van der Waals surface area contributed by atoms with Gasteiger partial charge in [-0.15, -0.1) is 0 Å². The summed E-state index contributed by atoms with van der Waals surface area (Å²) in [5.41, 5.74) is -0.128. The average Bonchev–Trinajstić information content (AvgIpc) is 2.73. The van der Waals surface area contributed by atoms with Crippen LogP contribution in [0.5, 0.6) is 11.5 Å². The maximum atomic E-state index is 12.9. The Bertz CT molecular complexity index is 773. The van der Waals surface area contributed by atoms with Gasteiger partial charge in [-0.25, -0.2) is 13.1 Å². The Morgan fingerprint density at radius 3 is 2.36 bits per heavy atom. The molecule has 28 heavy (non-hydrogen) atoms. The standard InChI is InChI=1S/C19H28N2O6S/c22-28(23,16-1-2-17-18(13-16)27-12-11-26-17)20-14-19(3-7-24-8-4-19)15-21-5-9-25-10-6-21/h1-2,13,20H,3-12,14-15H2. The fourth-order valence-electron chi connectivity index (χ4n) is 3.95. The van der Waals surface area contributed by atoms with Crippen LogP contribution in [0.1, 0.15) is 12.8 Å². The number of nitrogens with one attached hydrogen (secondary N) is 1. The van der Waals surface area contributed by atoms with Gasteiger partial charge >= 0.3 is 0 Å². The first kappa shape index (κ1) is 19.9. The highest BCUT2D eigenvalue weighted by molar-refractivity contribution is 7.89. The van der Waals surface area contributed by atoms with Gasteiger partial charge < -0.3 is 18.9 Å². The lowest BCUT2D eigenvalue weighted by atomic mass is 9.79. The highest BCUT2D eigenvalue weighted by Gasteiger charge is 2.36. The molecule has 9 heteroatoms. The predicted octanol–water partition coefficient (Wildman–Crippen LogP) is 0.865. The van der Waals surface area contributed by atoms with Gasteiger partial charge in [-0.05, 0) is 25.0 Å². The van der Waals surface area contributed by atoms with E-state index in [0.717, 1.165) is 45.7 Å². The molecular formula is C19H28N2O6S.